The average Bonchev–Trinajstić information content (AvgIpc) is 1.56. The van der Waals surface area contributed by atoms with Gasteiger partial charge in [0.2, 0.25) is 0 Å². The number of fused-ring (bicyclic) bond motifs is 11. The molecule has 3 heterocycles. The van der Waals surface area contributed by atoms with Gasteiger partial charge in [0.25, 0.3) is 0 Å². The van der Waals surface area contributed by atoms with Gasteiger partial charge in [0.1, 0.15) is 5.69 Å². The molecule has 0 atom stereocenters. The number of nitrogens with zero attached hydrogens (tertiary/aromatic N) is 4. The third-order valence-corrected chi connectivity index (χ3v) is 22.1. The fourth-order valence-electron chi connectivity index (χ4n) is 16.9. The lowest BCUT2D eigenvalue weighted by Crippen LogP contribution is -2.26. The summed E-state index contributed by atoms with van der Waals surface area (Å²) in [4.78, 5) is 21.8. The van der Waals surface area contributed by atoms with E-state index in [2.05, 4.69) is 199 Å². The van der Waals surface area contributed by atoms with Crippen LogP contribution in [0.3, 0.4) is 0 Å². The minimum absolute atomic E-state index is 0.0693. The van der Waals surface area contributed by atoms with Crippen molar-refractivity contribution < 1.29 is 0 Å². The fraction of sp³-hybridized carbons (Fsp3) is 0.400. The van der Waals surface area contributed by atoms with Crippen molar-refractivity contribution >= 4 is 43.4 Å². The number of hydrogen-bond donors (Lipinski definition) is 0. The van der Waals surface area contributed by atoms with Crippen LogP contribution in [0.15, 0.2) is 170 Å². The van der Waals surface area contributed by atoms with Crippen LogP contribution in [-0.4, -0.2) is 19.9 Å². The maximum absolute atomic E-state index is 5.72. The van der Waals surface area contributed by atoms with Gasteiger partial charge < -0.3 is 0 Å². The largest absolute Gasteiger partial charge is 0.254 e. The fourth-order valence-corrected chi connectivity index (χ4v) is 16.9. The Kier molecular flexibility index (Phi) is 20.6. The van der Waals surface area contributed by atoms with E-state index in [9.17, 15) is 0 Å². The predicted molar refractivity (Wildman–Crippen MR) is 403 cm³/mol. The minimum Gasteiger partial charge on any atom is -0.254 e. The highest BCUT2D eigenvalue weighted by atomic mass is 14.9. The number of hydrogen-bond acceptors (Lipinski definition) is 4. The maximum Gasteiger partial charge on any atom is 0.179 e. The first kappa shape index (κ1) is 64.9. The molecule has 4 nitrogen and oxygen atoms in total. The number of benzene rings is 8. The zero-order chi connectivity index (χ0) is 64.4. The van der Waals surface area contributed by atoms with Gasteiger partial charge in [-0.1, -0.05) is 303 Å². The van der Waals surface area contributed by atoms with Gasteiger partial charge in [-0.15, -0.1) is 0 Å². The Morgan fingerprint density at radius 3 is 1.27 bits per heavy atom. The molecular weight excluding hydrogens is 1140 g/mol. The first-order valence-electron chi connectivity index (χ1n) is 37.3. The molecule has 0 bridgehead atoms. The van der Waals surface area contributed by atoms with E-state index in [0.717, 1.165) is 62.9 Å². The molecule has 0 radical (unpaired) electrons. The summed E-state index contributed by atoms with van der Waals surface area (Å²) in [5.74, 6) is 0.643. The van der Waals surface area contributed by atoms with E-state index in [4.69, 9.17) is 19.9 Å². The topological polar surface area (TPSA) is 51.6 Å². The summed E-state index contributed by atoms with van der Waals surface area (Å²) in [6.45, 7) is 13.9. The van der Waals surface area contributed by atoms with Crippen LogP contribution in [0.4, 0.5) is 0 Å². The third kappa shape index (κ3) is 13.3. The molecule has 11 aromatic rings. The molecule has 0 amide bonds. The van der Waals surface area contributed by atoms with Crippen molar-refractivity contribution in [1.82, 2.24) is 19.9 Å². The van der Waals surface area contributed by atoms with E-state index in [1.165, 1.54) is 250 Å². The van der Waals surface area contributed by atoms with Gasteiger partial charge in [0.05, 0.1) is 22.4 Å². The van der Waals surface area contributed by atoms with Crippen LogP contribution in [0.1, 0.15) is 241 Å². The lowest BCUT2D eigenvalue weighted by Gasteiger charge is -2.33. The first-order chi connectivity index (χ1) is 46.2. The van der Waals surface area contributed by atoms with Gasteiger partial charge in [-0.3, -0.25) is 4.98 Å². The van der Waals surface area contributed by atoms with Crippen LogP contribution >= 0.6 is 0 Å². The Labute approximate surface area is 563 Å². The molecule has 94 heavy (non-hydrogen) atoms. The Bertz CT molecular complexity index is 4420. The predicted octanol–water partition coefficient (Wildman–Crippen LogP) is 26.7. The Hall–Kier alpha value is -7.82. The molecule has 4 heteroatoms. The van der Waals surface area contributed by atoms with E-state index in [-0.39, 0.29) is 10.8 Å². The first-order valence-corrected chi connectivity index (χ1v) is 37.3. The average molecular weight is 1240 g/mol. The van der Waals surface area contributed by atoms with Gasteiger partial charge in [-0.2, -0.15) is 0 Å². The number of unbranched alkanes of at least 4 members (excludes halogenated alkanes) is 20. The van der Waals surface area contributed by atoms with Crippen molar-refractivity contribution in [2.45, 2.75) is 232 Å². The van der Waals surface area contributed by atoms with Crippen molar-refractivity contribution in [3.63, 3.8) is 0 Å². The lowest BCUT2D eigenvalue weighted by atomic mass is 9.70. The van der Waals surface area contributed by atoms with Crippen LogP contribution in [0, 0.1) is 13.8 Å². The molecule has 0 N–H and O–H groups in total. The van der Waals surface area contributed by atoms with Crippen molar-refractivity contribution in [1.29, 1.82) is 0 Å². The monoisotopic (exact) mass is 1240 g/mol. The van der Waals surface area contributed by atoms with Crippen molar-refractivity contribution in [2.75, 3.05) is 0 Å². The van der Waals surface area contributed by atoms with E-state index >= 15 is 0 Å². The minimum atomic E-state index is -0.171. The molecule has 0 fully saturated rings. The van der Waals surface area contributed by atoms with Crippen molar-refractivity contribution in [3.05, 3.63) is 203 Å². The molecule has 0 saturated heterocycles. The number of pyridine rings is 2. The molecule has 0 aliphatic heterocycles. The summed E-state index contributed by atoms with van der Waals surface area (Å²) in [5, 5.41) is 7.39. The molecular formula is C90H102N4. The normalized spacial score (nSPS) is 13.5. The SMILES string of the molecule is CCCCCCCCC1(CCCCCCCC)c2cc(C)ccc2-c2ccc(-c3cc(-c4ccc5c(c4)C(CCCCCCCC)(CCCCCCCC)c4cc(-c6cccc7cc8c(C)cccc8cc67)ccc4-5)nc(-c4ccc5ccc6cccnc6c5n4)n3)cc21. The van der Waals surface area contributed by atoms with Crippen LogP contribution < -0.4 is 0 Å². The number of aryl methyl sites for hydroxylation is 2. The summed E-state index contributed by atoms with van der Waals surface area (Å²) >= 11 is 0. The van der Waals surface area contributed by atoms with Crippen LogP contribution in [0.2, 0.25) is 0 Å². The second kappa shape index (κ2) is 29.9. The highest BCUT2D eigenvalue weighted by Gasteiger charge is 2.44. The zero-order valence-electron chi connectivity index (χ0n) is 57.8. The Morgan fingerprint density at radius 1 is 0.298 bits per heavy atom. The van der Waals surface area contributed by atoms with Gasteiger partial charge in [0.15, 0.2) is 5.82 Å². The Morgan fingerprint density at radius 2 is 0.723 bits per heavy atom. The molecule has 8 aromatic carbocycles. The van der Waals surface area contributed by atoms with E-state index in [1.54, 1.807) is 5.56 Å². The van der Waals surface area contributed by atoms with Crippen LogP contribution in [0.25, 0.3) is 111 Å². The zero-order valence-corrected chi connectivity index (χ0v) is 57.8. The lowest BCUT2D eigenvalue weighted by molar-refractivity contribution is 0.398. The molecule has 0 spiro atoms. The molecule has 482 valence electrons. The summed E-state index contributed by atoms with van der Waals surface area (Å²) in [7, 11) is 0. The molecule has 2 aliphatic rings. The summed E-state index contributed by atoms with van der Waals surface area (Å²) in [6, 6.07) is 63.5. The van der Waals surface area contributed by atoms with E-state index < -0.39 is 0 Å². The van der Waals surface area contributed by atoms with Gasteiger partial charge in [-0.25, -0.2) is 15.0 Å². The van der Waals surface area contributed by atoms with E-state index in [0.29, 0.717) is 5.82 Å². The molecule has 13 rings (SSSR count). The van der Waals surface area contributed by atoms with Gasteiger partial charge >= 0.3 is 0 Å². The van der Waals surface area contributed by atoms with Crippen LogP contribution in [0.5, 0.6) is 0 Å². The smallest absolute Gasteiger partial charge is 0.179 e. The second-order valence-electron chi connectivity index (χ2n) is 28.6. The third-order valence-electron chi connectivity index (χ3n) is 22.1. The molecule has 2 aliphatic carbocycles. The van der Waals surface area contributed by atoms with Crippen LogP contribution in [-0.2, 0) is 10.8 Å². The van der Waals surface area contributed by atoms with Crippen molar-refractivity contribution in [3.8, 4) is 67.4 Å². The van der Waals surface area contributed by atoms with E-state index in [1.807, 2.05) is 12.3 Å². The molecule has 0 saturated carbocycles. The molecule has 3 aromatic heterocycles. The van der Waals surface area contributed by atoms with Crippen molar-refractivity contribution in [2.24, 2.45) is 0 Å². The quantitative estimate of drug-likeness (QED) is 0.0240. The highest BCUT2D eigenvalue weighted by Crippen LogP contribution is 2.58. The summed E-state index contributed by atoms with van der Waals surface area (Å²) < 4.78 is 0. The Balaban J connectivity index is 0.973. The molecule has 0 unspecified atom stereocenters. The summed E-state index contributed by atoms with van der Waals surface area (Å²) in [5.41, 5.74) is 23.4. The summed E-state index contributed by atoms with van der Waals surface area (Å²) in [6.07, 6.45) is 37.2. The second-order valence-corrected chi connectivity index (χ2v) is 28.6. The van der Waals surface area contributed by atoms with Gasteiger partial charge in [0, 0.05) is 38.9 Å². The maximum atomic E-state index is 5.72. The van der Waals surface area contributed by atoms with Gasteiger partial charge in [-0.05, 0) is 171 Å². The number of aromatic nitrogens is 4. The number of rotatable bonds is 32. The highest BCUT2D eigenvalue weighted by molar-refractivity contribution is 6.06. The standard InChI is InChI=1S/C90H102N4/c1-7-11-15-19-23-27-51-89(52-28-24-20-16-12-8-2)79-56-63(5)39-46-73(79)75-48-43-70(60-81(75)89)84-62-85(94-88(93-84)83-50-45-66-41-40-65-37-33-55-91-86(65)87(66)92-83)71-44-49-76-74-47-42-69(72-38-32-36-68-57-77-64(6)34-31-35-67(77)58-78(68)72)59-80(74)90(82(76)61-71,53-29-25-21-17-13-9-3)54-30-26-22-18-14-10-4/h31-50,55-62H,7-30,51-54H2,1-6H3.